The lowest BCUT2D eigenvalue weighted by Crippen LogP contribution is -1.81. The van der Waals surface area contributed by atoms with Crippen LogP contribution in [0.5, 0.6) is 0 Å². The van der Waals surface area contributed by atoms with Crippen molar-refractivity contribution < 1.29 is 0 Å². The van der Waals surface area contributed by atoms with Gasteiger partial charge >= 0.3 is 0 Å². The van der Waals surface area contributed by atoms with Gasteiger partial charge in [-0.05, 0) is 77.9 Å². The minimum absolute atomic E-state index is 1.02. The van der Waals surface area contributed by atoms with Crippen LogP contribution in [0.3, 0.4) is 0 Å². The van der Waals surface area contributed by atoms with Gasteiger partial charge in [-0.2, -0.15) is 0 Å². The van der Waals surface area contributed by atoms with Crippen molar-refractivity contribution in [1.29, 1.82) is 0 Å². The molecule has 0 saturated heterocycles. The molecule has 0 radical (unpaired) electrons. The first kappa shape index (κ1) is 20.2. The van der Waals surface area contributed by atoms with E-state index in [0.717, 1.165) is 19.3 Å². The predicted molar refractivity (Wildman–Crippen MR) is 110 cm³/mol. The van der Waals surface area contributed by atoms with Crippen molar-refractivity contribution in [3.05, 3.63) is 76.9 Å². The number of hydrogen-bond acceptors (Lipinski definition) is 0. The van der Waals surface area contributed by atoms with Gasteiger partial charge in [-0.15, -0.1) is 0 Å². The molecule has 0 amide bonds. The molecule has 0 aliphatic heterocycles. The number of hydrogen-bond donors (Lipinski definition) is 0. The van der Waals surface area contributed by atoms with Gasteiger partial charge in [-0.3, -0.25) is 0 Å². The Kier molecular flexibility index (Phi) is 9.84. The first-order chi connectivity index (χ1) is 11.5. The van der Waals surface area contributed by atoms with Gasteiger partial charge in [0.25, 0.3) is 0 Å². The van der Waals surface area contributed by atoms with E-state index >= 15 is 0 Å². The zero-order valence-electron chi connectivity index (χ0n) is 16.2. The minimum atomic E-state index is 1.02. The summed E-state index contributed by atoms with van der Waals surface area (Å²) in [5.74, 6) is 0. The van der Waals surface area contributed by atoms with Gasteiger partial charge in [0.2, 0.25) is 0 Å². The molecule has 0 aliphatic rings. The molecule has 1 aromatic rings. The summed E-state index contributed by atoms with van der Waals surface area (Å²) >= 11 is 0. The highest BCUT2D eigenvalue weighted by atomic mass is 14.0. The third-order valence-corrected chi connectivity index (χ3v) is 4.24. The molecule has 24 heavy (non-hydrogen) atoms. The van der Waals surface area contributed by atoms with Gasteiger partial charge in [0.1, 0.15) is 0 Å². The quantitative estimate of drug-likeness (QED) is 0.405. The van der Waals surface area contributed by atoms with Crippen LogP contribution in [-0.4, -0.2) is 0 Å². The molecule has 1 rings (SSSR count). The van der Waals surface area contributed by atoms with E-state index < -0.39 is 0 Å². The summed E-state index contributed by atoms with van der Waals surface area (Å²) in [6.07, 6.45) is 15.1. The third kappa shape index (κ3) is 9.35. The molecule has 0 nitrogen and oxygen atoms in total. The average molecular weight is 323 g/mol. The van der Waals surface area contributed by atoms with E-state index in [-0.39, 0.29) is 0 Å². The maximum absolute atomic E-state index is 2.40. The minimum Gasteiger partial charge on any atom is -0.0856 e. The SMILES string of the molecule is CC(C)=CCC/C(C)=C/CCC(C)=CC/C=C(\C)c1ccccc1. The summed E-state index contributed by atoms with van der Waals surface area (Å²) in [6, 6.07) is 10.6. The lowest BCUT2D eigenvalue weighted by atomic mass is 10.0. The van der Waals surface area contributed by atoms with Crippen LogP contribution in [0.2, 0.25) is 0 Å². The summed E-state index contributed by atoms with van der Waals surface area (Å²) < 4.78 is 0. The molecule has 0 heterocycles. The Bertz CT molecular complexity index is 590. The second kappa shape index (κ2) is 11.7. The Morgan fingerprint density at radius 3 is 1.92 bits per heavy atom. The van der Waals surface area contributed by atoms with Crippen LogP contribution in [0.1, 0.15) is 72.3 Å². The monoisotopic (exact) mass is 322 g/mol. The van der Waals surface area contributed by atoms with Crippen molar-refractivity contribution in [2.75, 3.05) is 0 Å². The van der Waals surface area contributed by atoms with E-state index in [2.05, 4.69) is 89.3 Å². The Morgan fingerprint density at radius 2 is 1.29 bits per heavy atom. The van der Waals surface area contributed by atoms with Gasteiger partial charge in [-0.25, -0.2) is 0 Å². The van der Waals surface area contributed by atoms with Crippen molar-refractivity contribution in [3.63, 3.8) is 0 Å². The van der Waals surface area contributed by atoms with Crippen LogP contribution in [0.15, 0.2) is 71.4 Å². The highest BCUT2D eigenvalue weighted by Gasteiger charge is 1.94. The van der Waals surface area contributed by atoms with E-state index in [4.69, 9.17) is 0 Å². The lowest BCUT2D eigenvalue weighted by Gasteiger charge is -2.02. The molecule has 0 heteroatoms. The lowest BCUT2D eigenvalue weighted by molar-refractivity contribution is 0.915. The van der Waals surface area contributed by atoms with Gasteiger partial charge in [0.15, 0.2) is 0 Å². The molecule has 0 atom stereocenters. The van der Waals surface area contributed by atoms with E-state index in [9.17, 15) is 0 Å². The summed E-state index contributed by atoms with van der Waals surface area (Å²) in [4.78, 5) is 0. The molecular formula is C24H34. The summed E-state index contributed by atoms with van der Waals surface area (Å²) in [5.41, 5.74) is 7.09. The van der Waals surface area contributed by atoms with Crippen LogP contribution < -0.4 is 0 Å². The average Bonchev–Trinajstić information content (AvgIpc) is 2.55. The fraction of sp³-hybridized carbons (Fsp3) is 0.417. The summed E-state index contributed by atoms with van der Waals surface area (Å²) in [6.45, 7) is 11.0. The van der Waals surface area contributed by atoms with Crippen molar-refractivity contribution in [2.24, 2.45) is 0 Å². The highest BCUT2D eigenvalue weighted by molar-refractivity contribution is 5.63. The number of rotatable bonds is 9. The maximum Gasteiger partial charge on any atom is -0.0161 e. The smallest absolute Gasteiger partial charge is 0.0161 e. The molecule has 1 aromatic carbocycles. The van der Waals surface area contributed by atoms with Crippen molar-refractivity contribution >= 4 is 5.57 Å². The largest absolute Gasteiger partial charge is 0.0856 e. The molecule has 0 saturated carbocycles. The Balaban J connectivity index is 2.35. The molecule has 0 N–H and O–H groups in total. The maximum atomic E-state index is 2.40. The normalized spacial score (nSPS) is 13.1. The van der Waals surface area contributed by atoms with Crippen LogP contribution in [0.25, 0.3) is 5.57 Å². The zero-order valence-corrected chi connectivity index (χ0v) is 16.2. The molecule has 0 spiro atoms. The van der Waals surface area contributed by atoms with Crippen molar-refractivity contribution in [2.45, 2.75) is 66.7 Å². The fourth-order valence-corrected chi connectivity index (χ4v) is 2.59. The van der Waals surface area contributed by atoms with E-state index in [1.165, 1.54) is 40.7 Å². The molecule has 0 unspecified atom stereocenters. The molecule has 130 valence electrons. The van der Waals surface area contributed by atoms with E-state index in [1.54, 1.807) is 0 Å². The summed E-state index contributed by atoms with van der Waals surface area (Å²) in [5, 5.41) is 0. The third-order valence-electron chi connectivity index (χ3n) is 4.24. The number of benzene rings is 1. The Morgan fingerprint density at radius 1 is 0.708 bits per heavy atom. The predicted octanol–water partition coefficient (Wildman–Crippen LogP) is 7.90. The first-order valence-corrected chi connectivity index (χ1v) is 9.16. The standard InChI is InChI=1S/C24H34/c1-20(2)12-9-13-21(3)14-10-15-22(4)16-11-17-23(5)24-18-7-6-8-19-24/h6-8,12,14,16-19H,9-11,13,15H2,1-5H3/b21-14+,22-16?,23-17+. The summed E-state index contributed by atoms with van der Waals surface area (Å²) in [7, 11) is 0. The molecule has 0 aromatic heterocycles. The van der Waals surface area contributed by atoms with Crippen LogP contribution in [0, 0.1) is 0 Å². The van der Waals surface area contributed by atoms with Gasteiger partial charge in [0, 0.05) is 0 Å². The Labute approximate surface area is 149 Å². The zero-order chi connectivity index (χ0) is 17.8. The van der Waals surface area contributed by atoms with Gasteiger partial charge in [-0.1, -0.05) is 71.4 Å². The second-order valence-corrected chi connectivity index (χ2v) is 6.95. The Hall–Kier alpha value is -1.82. The van der Waals surface area contributed by atoms with Crippen molar-refractivity contribution in [3.8, 4) is 0 Å². The van der Waals surface area contributed by atoms with Gasteiger partial charge in [0.05, 0.1) is 0 Å². The fourth-order valence-electron chi connectivity index (χ4n) is 2.59. The van der Waals surface area contributed by atoms with Crippen LogP contribution >= 0.6 is 0 Å². The van der Waals surface area contributed by atoms with E-state index in [1.807, 2.05) is 0 Å². The van der Waals surface area contributed by atoms with Crippen LogP contribution in [0.4, 0.5) is 0 Å². The topological polar surface area (TPSA) is 0 Å². The molecular weight excluding hydrogens is 288 g/mol. The highest BCUT2D eigenvalue weighted by Crippen LogP contribution is 2.15. The first-order valence-electron chi connectivity index (χ1n) is 9.16. The van der Waals surface area contributed by atoms with E-state index in [0.29, 0.717) is 0 Å². The van der Waals surface area contributed by atoms with Crippen LogP contribution in [-0.2, 0) is 0 Å². The van der Waals surface area contributed by atoms with Crippen molar-refractivity contribution in [1.82, 2.24) is 0 Å². The number of allylic oxidation sites excluding steroid dienone is 8. The molecule has 0 bridgehead atoms. The molecule has 0 fully saturated rings. The molecule has 0 aliphatic carbocycles. The van der Waals surface area contributed by atoms with Gasteiger partial charge < -0.3 is 0 Å². The second-order valence-electron chi connectivity index (χ2n) is 6.95.